The van der Waals surface area contributed by atoms with Gasteiger partial charge in [-0.1, -0.05) is 48.6 Å². The first-order valence-corrected chi connectivity index (χ1v) is 13.0. The van der Waals surface area contributed by atoms with E-state index in [0.29, 0.717) is 28.2 Å². The number of thiazole rings is 1. The van der Waals surface area contributed by atoms with Crippen LogP contribution in [0, 0.1) is 10.1 Å². The van der Waals surface area contributed by atoms with E-state index in [2.05, 4.69) is 4.99 Å². The van der Waals surface area contributed by atoms with Gasteiger partial charge in [0.05, 0.1) is 40.1 Å². The molecule has 0 saturated carbocycles. The van der Waals surface area contributed by atoms with E-state index in [1.54, 1.807) is 24.8 Å². The number of fused-ring (bicyclic) bond motifs is 2. The number of hydrogen-bond donors (Lipinski definition) is 0. The van der Waals surface area contributed by atoms with Crippen molar-refractivity contribution < 1.29 is 19.2 Å². The summed E-state index contributed by atoms with van der Waals surface area (Å²) in [6.45, 7) is 5.87. The molecule has 10 nitrogen and oxygen atoms in total. The molecule has 1 amide bonds. The van der Waals surface area contributed by atoms with Gasteiger partial charge in [-0.05, 0) is 31.9 Å². The number of ether oxygens (including phenoxy) is 1. The predicted octanol–water partition coefficient (Wildman–Crippen LogP) is 2.83. The Labute approximate surface area is 221 Å². The third-order valence-electron chi connectivity index (χ3n) is 6.49. The first-order chi connectivity index (χ1) is 18.3. The molecule has 38 heavy (non-hydrogen) atoms. The van der Waals surface area contributed by atoms with E-state index in [0.717, 1.165) is 23.4 Å². The van der Waals surface area contributed by atoms with Crippen molar-refractivity contribution in [2.24, 2.45) is 4.99 Å². The smallest absolute Gasteiger partial charge is 0.338 e. The van der Waals surface area contributed by atoms with Crippen LogP contribution in [0.15, 0.2) is 69.6 Å². The van der Waals surface area contributed by atoms with Crippen LogP contribution in [0.2, 0.25) is 0 Å². The number of hydrogen-bond acceptors (Lipinski definition) is 8. The molecule has 0 fully saturated rings. The van der Waals surface area contributed by atoms with E-state index in [1.165, 1.54) is 22.8 Å². The quantitative estimate of drug-likeness (QED) is 0.273. The van der Waals surface area contributed by atoms with Gasteiger partial charge in [0.2, 0.25) is 0 Å². The summed E-state index contributed by atoms with van der Waals surface area (Å²) in [6.07, 6.45) is 0.740. The molecule has 0 bridgehead atoms. The van der Waals surface area contributed by atoms with Crippen LogP contribution >= 0.6 is 11.3 Å². The van der Waals surface area contributed by atoms with E-state index >= 15 is 0 Å². The molecule has 5 rings (SSSR count). The number of carbonyl (C=O) groups excluding carboxylic acids is 2. The number of nitro benzene ring substituents is 1. The molecule has 1 atom stereocenters. The highest BCUT2D eigenvalue weighted by Crippen LogP contribution is 2.36. The van der Waals surface area contributed by atoms with Crippen molar-refractivity contribution in [1.82, 2.24) is 4.57 Å². The molecule has 0 N–H and O–H groups in total. The second-order valence-corrected chi connectivity index (χ2v) is 9.80. The van der Waals surface area contributed by atoms with E-state index in [4.69, 9.17) is 4.74 Å². The van der Waals surface area contributed by atoms with Gasteiger partial charge in [0.1, 0.15) is 4.53 Å². The highest BCUT2D eigenvalue weighted by atomic mass is 32.1. The van der Waals surface area contributed by atoms with Crippen LogP contribution < -0.4 is 19.8 Å². The normalized spacial score (nSPS) is 17.7. The zero-order valence-corrected chi connectivity index (χ0v) is 21.8. The number of nitrogens with zero attached hydrogens (tertiary/aromatic N) is 4. The van der Waals surface area contributed by atoms with E-state index in [-0.39, 0.29) is 33.9 Å². The summed E-state index contributed by atoms with van der Waals surface area (Å²) in [5.74, 6) is -0.939. The molecular formula is C27H24N4O6S. The fraction of sp³-hybridized carbons (Fsp3) is 0.259. The van der Waals surface area contributed by atoms with Gasteiger partial charge in [-0.25, -0.2) is 9.79 Å². The number of carbonyl (C=O) groups is 2. The molecule has 2 aromatic carbocycles. The highest BCUT2D eigenvalue weighted by Gasteiger charge is 2.37. The highest BCUT2D eigenvalue weighted by molar-refractivity contribution is 7.07. The summed E-state index contributed by atoms with van der Waals surface area (Å²) in [7, 11) is 0. The lowest BCUT2D eigenvalue weighted by Gasteiger charge is -2.24. The maximum atomic E-state index is 14.1. The first kappa shape index (κ1) is 25.3. The zero-order valence-electron chi connectivity index (χ0n) is 21.0. The van der Waals surface area contributed by atoms with Crippen LogP contribution in [0.4, 0.5) is 11.4 Å². The summed E-state index contributed by atoms with van der Waals surface area (Å²) in [5, 5.41) is 11.5. The topological polar surface area (TPSA) is 124 Å². The van der Waals surface area contributed by atoms with E-state index < -0.39 is 22.5 Å². The second-order valence-electron chi connectivity index (χ2n) is 8.82. The number of benzene rings is 2. The van der Waals surface area contributed by atoms with Crippen molar-refractivity contribution in [3.8, 4) is 0 Å². The minimum Gasteiger partial charge on any atom is -0.463 e. The summed E-state index contributed by atoms with van der Waals surface area (Å²) in [4.78, 5) is 58.2. The van der Waals surface area contributed by atoms with Crippen molar-refractivity contribution in [2.75, 3.05) is 18.1 Å². The Balaban J connectivity index is 1.82. The zero-order chi connectivity index (χ0) is 27.1. The number of allylic oxidation sites excluding steroid dienone is 1. The van der Waals surface area contributed by atoms with Gasteiger partial charge in [-0.3, -0.25) is 24.3 Å². The lowest BCUT2D eigenvalue weighted by molar-refractivity contribution is -0.384. The number of anilines is 1. The summed E-state index contributed by atoms with van der Waals surface area (Å²) in [6, 6.07) is 12.1. The minimum atomic E-state index is -1.02. The fourth-order valence-electron chi connectivity index (χ4n) is 4.91. The SMILES string of the molecule is CCCN1C(=O)/C(=c2\sc3n(c2=O)[C@@H](c2cccc([N+](=O)[O-])c2)C(C(=O)OCC)=C(C)N=3)c2ccccc21. The lowest BCUT2D eigenvalue weighted by atomic mass is 9.95. The molecule has 2 aliphatic heterocycles. The van der Waals surface area contributed by atoms with Crippen LogP contribution in [0.5, 0.6) is 0 Å². The number of amides is 1. The number of esters is 1. The number of rotatable bonds is 6. The monoisotopic (exact) mass is 532 g/mol. The van der Waals surface area contributed by atoms with Gasteiger partial charge in [-0.2, -0.15) is 0 Å². The van der Waals surface area contributed by atoms with Crippen molar-refractivity contribution in [3.63, 3.8) is 0 Å². The average Bonchev–Trinajstić information content (AvgIpc) is 3.36. The van der Waals surface area contributed by atoms with Crippen LogP contribution in [-0.4, -0.2) is 34.5 Å². The molecule has 0 unspecified atom stereocenters. The van der Waals surface area contributed by atoms with Gasteiger partial charge in [0.15, 0.2) is 4.80 Å². The standard InChI is InChI=1S/C27H24N4O6S/c1-4-13-29-19-12-7-6-11-18(19)21(24(29)32)23-25(33)30-22(16-9-8-10-17(14-16)31(35)36)20(26(34)37-5-2)15(3)28-27(30)38-23/h6-12,14,22H,4-5,13H2,1-3H3/b23-21-/t22-/m0/s1. The summed E-state index contributed by atoms with van der Waals surface area (Å²) < 4.78 is 6.82. The first-order valence-electron chi connectivity index (χ1n) is 12.2. The van der Waals surface area contributed by atoms with E-state index in [1.807, 2.05) is 31.2 Å². The van der Waals surface area contributed by atoms with Gasteiger partial charge < -0.3 is 9.64 Å². The Kier molecular flexibility index (Phi) is 6.53. The maximum absolute atomic E-state index is 14.1. The van der Waals surface area contributed by atoms with Crippen molar-refractivity contribution in [1.29, 1.82) is 0 Å². The summed E-state index contributed by atoms with van der Waals surface area (Å²) >= 11 is 1.07. The average molecular weight is 533 g/mol. The molecule has 1 aromatic heterocycles. The number of non-ortho nitro benzene ring substituents is 1. The minimum absolute atomic E-state index is 0.102. The molecule has 194 valence electrons. The van der Waals surface area contributed by atoms with Crippen LogP contribution in [0.3, 0.4) is 0 Å². The van der Waals surface area contributed by atoms with Crippen LogP contribution in [0.25, 0.3) is 5.57 Å². The van der Waals surface area contributed by atoms with E-state index in [9.17, 15) is 24.5 Å². The number of nitro groups is 1. The number of para-hydroxylation sites is 1. The molecule has 0 saturated heterocycles. The molecule has 0 aliphatic carbocycles. The maximum Gasteiger partial charge on any atom is 0.338 e. The Bertz CT molecular complexity index is 1720. The summed E-state index contributed by atoms with van der Waals surface area (Å²) in [5.41, 5.74) is 1.81. The van der Waals surface area contributed by atoms with Crippen molar-refractivity contribution in [2.45, 2.75) is 33.2 Å². The Hall–Kier alpha value is -4.38. The number of aromatic nitrogens is 1. The van der Waals surface area contributed by atoms with Gasteiger partial charge in [0, 0.05) is 24.2 Å². The van der Waals surface area contributed by atoms with Crippen LogP contribution in [0.1, 0.15) is 44.4 Å². The predicted molar refractivity (Wildman–Crippen MR) is 142 cm³/mol. The third kappa shape index (κ3) is 3.95. The third-order valence-corrected chi connectivity index (χ3v) is 7.54. The molecule has 3 aromatic rings. The molecular weight excluding hydrogens is 508 g/mol. The van der Waals surface area contributed by atoms with Gasteiger partial charge >= 0.3 is 5.97 Å². The van der Waals surface area contributed by atoms with Gasteiger partial charge in [-0.15, -0.1) is 0 Å². The van der Waals surface area contributed by atoms with Crippen molar-refractivity contribution in [3.05, 3.63) is 101 Å². The molecule has 3 heterocycles. The Morgan fingerprint density at radius 3 is 2.63 bits per heavy atom. The largest absolute Gasteiger partial charge is 0.463 e. The Morgan fingerprint density at radius 2 is 1.92 bits per heavy atom. The second kappa shape index (κ2) is 9.82. The molecule has 2 aliphatic rings. The molecule has 0 spiro atoms. The van der Waals surface area contributed by atoms with Crippen LogP contribution in [-0.2, 0) is 14.3 Å². The van der Waals surface area contributed by atoms with Crippen molar-refractivity contribution >= 4 is 40.2 Å². The molecule has 11 heteroatoms. The molecule has 0 radical (unpaired) electrons. The van der Waals surface area contributed by atoms with Gasteiger partial charge in [0.25, 0.3) is 17.2 Å². The fourth-order valence-corrected chi connectivity index (χ4v) is 6.05. The Morgan fingerprint density at radius 1 is 1.16 bits per heavy atom. The lowest BCUT2D eigenvalue weighted by Crippen LogP contribution is -2.41.